The van der Waals surface area contributed by atoms with Crippen LogP contribution in [0.3, 0.4) is 0 Å². The molecule has 2 unspecified atom stereocenters. The van der Waals surface area contributed by atoms with Crippen LogP contribution in [0.5, 0.6) is 5.88 Å². The highest BCUT2D eigenvalue weighted by atomic mass is 32.2. The number of carbonyl (C=O) groups is 1. The second kappa shape index (κ2) is 11.8. The van der Waals surface area contributed by atoms with Crippen molar-refractivity contribution in [2.45, 2.75) is 68.3 Å². The third-order valence-electron chi connectivity index (χ3n) is 9.92. The summed E-state index contributed by atoms with van der Waals surface area (Å²) in [7, 11) is -4.31. The van der Waals surface area contributed by atoms with Crippen molar-refractivity contribution >= 4 is 21.6 Å². The summed E-state index contributed by atoms with van der Waals surface area (Å²) in [4.78, 5) is 15.4. The van der Waals surface area contributed by atoms with E-state index in [0.29, 0.717) is 64.9 Å². The second-order valence-electron chi connectivity index (χ2n) is 12.9. The first-order valence-corrected chi connectivity index (χ1v) is 18.0. The van der Waals surface area contributed by atoms with E-state index in [-0.39, 0.29) is 35.3 Å². The van der Waals surface area contributed by atoms with Crippen LogP contribution in [0.25, 0.3) is 0 Å². The SMILES string of the molecule is CC1Cn2ncc(S(=N)(=O)N(C(=O)Nc3c4c(c(F)c5c3C[C@H](F)C5)CCC4)C(c3ccccc3)(c3ccccc3)c3ccccc3)c2O1. The highest BCUT2D eigenvalue weighted by molar-refractivity contribution is 7.90. The summed E-state index contributed by atoms with van der Waals surface area (Å²) < 4.78 is 64.9. The Morgan fingerprint density at radius 3 is 2.06 bits per heavy atom. The van der Waals surface area contributed by atoms with Gasteiger partial charge in [0.15, 0.2) is 9.92 Å². The summed E-state index contributed by atoms with van der Waals surface area (Å²) in [6.45, 7) is 2.25. The van der Waals surface area contributed by atoms with Gasteiger partial charge in [0.25, 0.3) is 0 Å². The normalized spacial score (nSPS) is 19.0. The van der Waals surface area contributed by atoms with E-state index >= 15 is 13.4 Å². The zero-order chi connectivity index (χ0) is 33.9. The number of halogens is 2. The molecule has 5 aromatic rings. The average Bonchev–Trinajstić information content (AvgIpc) is 3.91. The molecular weight excluding hydrogens is 645 g/mol. The quantitative estimate of drug-likeness (QED) is 0.173. The summed E-state index contributed by atoms with van der Waals surface area (Å²) in [5.41, 5.74) is 2.27. The molecule has 8 nitrogen and oxygen atoms in total. The minimum absolute atomic E-state index is 0.0439. The number of urea groups is 1. The van der Waals surface area contributed by atoms with Gasteiger partial charge in [-0.05, 0) is 65.1 Å². The van der Waals surface area contributed by atoms with Gasteiger partial charge in [0.1, 0.15) is 28.5 Å². The fourth-order valence-electron chi connectivity index (χ4n) is 7.89. The Labute approximate surface area is 283 Å². The van der Waals surface area contributed by atoms with Crippen molar-refractivity contribution in [2.24, 2.45) is 0 Å². The van der Waals surface area contributed by atoms with Crippen LogP contribution in [0.4, 0.5) is 19.3 Å². The van der Waals surface area contributed by atoms with Crippen LogP contribution in [0.2, 0.25) is 0 Å². The Bertz CT molecular complexity index is 2080. The second-order valence-corrected chi connectivity index (χ2v) is 14.8. The van der Waals surface area contributed by atoms with Crippen LogP contribution in [0.15, 0.2) is 102 Å². The molecule has 0 saturated carbocycles. The molecule has 8 rings (SSSR count). The maximum Gasteiger partial charge on any atom is 0.336 e. The van der Waals surface area contributed by atoms with Crippen molar-refractivity contribution in [3.8, 4) is 5.88 Å². The Morgan fingerprint density at radius 2 is 1.47 bits per heavy atom. The fourth-order valence-corrected chi connectivity index (χ4v) is 9.65. The first-order valence-electron chi connectivity index (χ1n) is 16.5. The summed E-state index contributed by atoms with van der Waals surface area (Å²) in [5.74, 6) is -0.229. The Hall–Kier alpha value is -5.03. The molecule has 2 amide bonds. The van der Waals surface area contributed by atoms with Crippen molar-refractivity contribution in [1.82, 2.24) is 14.1 Å². The number of anilines is 1. The molecule has 4 aromatic carbocycles. The number of fused-ring (bicyclic) bond motifs is 3. The Kier molecular flexibility index (Phi) is 7.55. The van der Waals surface area contributed by atoms with Gasteiger partial charge < -0.3 is 10.1 Å². The molecule has 3 aliphatic rings. The number of nitrogens with one attached hydrogen (secondary N) is 2. The highest BCUT2D eigenvalue weighted by Gasteiger charge is 2.52. The Morgan fingerprint density at radius 1 is 0.918 bits per heavy atom. The smallest absolute Gasteiger partial charge is 0.336 e. The van der Waals surface area contributed by atoms with Crippen molar-refractivity contribution in [3.63, 3.8) is 0 Å². The molecule has 2 heterocycles. The van der Waals surface area contributed by atoms with Crippen LogP contribution in [-0.2, 0) is 47.7 Å². The number of hydrogen-bond donors (Lipinski definition) is 2. The van der Waals surface area contributed by atoms with Gasteiger partial charge in [-0.15, -0.1) is 0 Å². The molecule has 49 heavy (non-hydrogen) atoms. The highest BCUT2D eigenvalue weighted by Crippen LogP contribution is 2.48. The molecule has 2 N–H and O–H groups in total. The van der Waals surface area contributed by atoms with E-state index < -0.39 is 33.5 Å². The number of aromatic nitrogens is 2. The monoisotopic (exact) mass is 679 g/mol. The minimum Gasteiger partial charge on any atom is -0.472 e. The van der Waals surface area contributed by atoms with Gasteiger partial charge in [-0.1, -0.05) is 91.0 Å². The first-order chi connectivity index (χ1) is 23.7. The van der Waals surface area contributed by atoms with Crippen LogP contribution in [-0.4, -0.2) is 36.6 Å². The lowest BCUT2D eigenvalue weighted by molar-refractivity contribution is 0.217. The summed E-state index contributed by atoms with van der Waals surface area (Å²) in [6, 6.07) is 26.8. The molecule has 1 aliphatic heterocycles. The third kappa shape index (κ3) is 4.85. The summed E-state index contributed by atoms with van der Waals surface area (Å²) in [6.07, 6.45) is 1.33. The summed E-state index contributed by atoms with van der Waals surface area (Å²) in [5, 5.41) is 7.44. The van der Waals surface area contributed by atoms with Crippen LogP contribution < -0.4 is 10.1 Å². The number of carbonyl (C=O) groups excluding carboxylic acids is 1. The lowest BCUT2D eigenvalue weighted by Crippen LogP contribution is -2.55. The minimum atomic E-state index is -4.31. The maximum absolute atomic E-state index is 15.7. The molecule has 3 atom stereocenters. The van der Waals surface area contributed by atoms with Gasteiger partial charge in [-0.3, -0.25) is 0 Å². The molecule has 0 bridgehead atoms. The number of alkyl halides is 1. The summed E-state index contributed by atoms with van der Waals surface area (Å²) >= 11 is 0. The van der Waals surface area contributed by atoms with Gasteiger partial charge in [0, 0.05) is 18.5 Å². The first kappa shape index (κ1) is 31.3. The molecule has 0 radical (unpaired) electrons. The molecule has 0 fully saturated rings. The number of nitrogens with zero attached hydrogens (tertiary/aromatic N) is 3. The molecule has 11 heteroatoms. The van der Waals surface area contributed by atoms with Crippen molar-refractivity contribution in [3.05, 3.63) is 142 Å². The molecule has 1 aromatic heterocycles. The van der Waals surface area contributed by atoms with E-state index in [1.54, 1.807) is 4.68 Å². The largest absolute Gasteiger partial charge is 0.472 e. The van der Waals surface area contributed by atoms with Crippen molar-refractivity contribution in [2.75, 3.05) is 5.32 Å². The van der Waals surface area contributed by atoms with E-state index in [0.717, 1.165) is 4.31 Å². The van der Waals surface area contributed by atoms with Gasteiger partial charge in [-0.2, -0.15) is 5.10 Å². The van der Waals surface area contributed by atoms with Crippen LogP contribution in [0, 0.1) is 10.6 Å². The van der Waals surface area contributed by atoms with Gasteiger partial charge in [0.05, 0.1) is 12.7 Å². The van der Waals surface area contributed by atoms with E-state index in [4.69, 9.17) is 4.74 Å². The standard InChI is InChI=1S/C38H35F2N5O3S/c1-24-23-44-36(48-24)33(22-42-44)49(41,47)45(37(46)43-35-30-19-11-18-29(30)34(40)31-20-28(39)21-32(31)35)38(25-12-5-2-6-13-25,26-14-7-3-8-15-26)27-16-9-4-10-17-27/h2-10,12-17,22,24,28,41H,11,18-21,23H2,1H3,(H,43,46)/t24?,28-,49?/m1/s1. The zero-order valence-corrected chi connectivity index (χ0v) is 27.7. The Balaban J connectivity index is 1.42. The van der Waals surface area contributed by atoms with E-state index in [9.17, 15) is 9.17 Å². The number of benzene rings is 4. The molecule has 250 valence electrons. The molecule has 0 spiro atoms. The third-order valence-corrected chi connectivity index (χ3v) is 11.8. The van der Waals surface area contributed by atoms with E-state index in [1.807, 2.05) is 97.9 Å². The lowest BCUT2D eigenvalue weighted by atomic mass is 9.77. The number of ether oxygens (including phenoxy) is 1. The average molecular weight is 680 g/mol. The predicted octanol–water partition coefficient (Wildman–Crippen LogP) is 7.58. The van der Waals surface area contributed by atoms with E-state index in [2.05, 4.69) is 10.4 Å². The zero-order valence-electron chi connectivity index (χ0n) is 26.9. The van der Waals surface area contributed by atoms with Crippen LogP contribution in [0.1, 0.15) is 52.3 Å². The van der Waals surface area contributed by atoms with Gasteiger partial charge in [-0.25, -0.2) is 31.6 Å². The van der Waals surface area contributed by atoms with Crippen molar-refractivity contribution in [1.29, 1.82) is 4.78 Å². The topological polar surface area (TPSA) is 100 Å². The maximum atomic E-state index is 15.7. The number of amides is 2. The molecule has 0 saturated heterocycles. The number of hydrogen-bond acceptors (Lipinski definition) is 5. The molecular formula is C38H35F2N5O3S. The van der Waals surface area contributed by atoms with Crippen molar-refractivity contribution < 1.29 is 22.5 Å². The fraction of sp³-hybridized carbons (Fsp3) is 0.263. The predicted molar refractivity (Wildman–Crippen MR) is 182 cm³/mol. The number of rotatable bonds is 7. The van der Waals surface area contributed by atoms with Crippen LogP contribution >= 0.6 is 0 Å². The lowest BCUT2D eigenvalue weighted by Gasteiger charge is -2.45. The van der Waals surface area contributed by atoms with E-state index in [1.165, 1.54) is 6.20 Å². The van der Waals surface area contributed by atoms with Gasteiger partial charge in [0.2, 0.25) is 5.88 Å². The van der Waals surface area contributed by atoms with Gasteiger partial charge >= 0.3 is 6.03 Å². The molecule has 2 aliphatic carbocycles.